The van der Waals surface area contributed by atoms with Crippen LogP contribution in [0.4, 0.5) is 5.82 Å². The van der Waals surface area contributed by atoms with Crippen LogP contribution in [0.25, 0.3) is 11.1 Å². The Morgan fingerprint density at radius 2 is 1.75 bits per heavy atom. The van der Waals surface area contributed by atoms with Gasteiger partial charge in [-0.2, -0.15) is 0 Å². The maximum atomic E-state index is 13.7. The molecule has 0 unspecified atom stereocenters. The topological polar surface area (TPSA) is 90.3 Å². The minimum atomic E-state index is -4.09. The Balaban J connectivity index is 2.25. The Labute approximate surface area is 193 Å². The number of rotatable bonds is 6. The van der Waals surface area contributed by atoms with E-state index in [9.17, 15) is 13.2 Å². The molecule has 0 radical (unpaired) electrons. The summed E-state index contributed by atoms with van der Waals surface area (Å²) in [6.45, 7) is 9.32. The lowest BCUT2D eigenvalue weighted by molar-refractivity contribution is 0.0593. The summed E-state index contributed by atoms with van der Waals surface area (Å²) < 4.78 is 33.2. The van der Waals surface area contributed by atoms with Gasteiger partial charge >= 0.3 is 5.97 Å². The highest BCUT2D eigenvalue weighted by molar-refractivity contribution is 7.90. The molecule has 0 aliphatic rings. The molecule has 0 aliphatic carbocycles. The number of esters is 1. The highest BCUT2D eigenvalue weighted by atomic mass is 35.5. The average Bonchev–Trinajstić information content (AvgIpc) is 3.13. The second kappa shape index (κ2) is 8.96. The lowest BCUT2D eigenvalue weighted by Gasteiger charge is -2.14. The first kappa shape index (κ1) is 23.8. The largest absolute Gasteiger partial charge is 0.464 e. The lowest BCUT2D eigenvalue weighted by atomic mass is 10.1. The van der Waals surface area contributed by atoms with Gasteiger partial charge < -0.3 is 10.1 Å². The van der Waals surface area contributed by atoms with E-state index in [2.05, 4.69) is 10.3 Å². The maximum Gasteiger partial charge on any atom is 0.355 e. The first-order chi connectivity index (χ1) is 14.9. The summed E-state index contributed by atoms with van der Waals surface area (Å²) in [6, 6.07) is 6.91. The molecule has 0 amide bonds. The third-order valence-electron chi connectivity index (χ3n) is 4.90. The summed E-state index contributed by atoms with van der Waals surface area (Å²) in [6.07, 6.45) is 2.88. The number of nitrogens with zero attached hydrogens (tertiary/aromatic N) is 2. The van der Waals surface area contributed by atoms with E-state index in [1.54, 1.807) is 32.0 Å². The fourth-order valence-corrected chi connectivity index (χ4v) is 5.73. The minimum Gasteiger partial charge on any atom is -0.464 e. The van der Waals surface area contributed by atoms with Crippen LogP contribution in [0.15, 0.2) is 41.6 Å². The van der Waals surface area contributed by atoms with Crippen LogP contribution in [-0.2, 0) is 14.8 Å². The zero-order chi connectivity index (χ0) is 23.8. The van der Waals surface area contributed by atoms with Gasteiger partial charge in [-0.15, -0.1) is 0 Å². The van der Waals surface area contributed by atoms with Gasteiger partial charge in [0.25, 0.3) is 10.0 Å². The van der Waals surface area contributed by atoms with Crippen LogP contribution >= 0.6 is 11.6 Å². The van der Waals surface area contributed by atoms with Crippen molar-refractivity contribution in [3.8, 4) is 11.1 Å². The molecule has 32 heavy (non-hydrogen) atoms. The molecule has 0 fully saturated rings. The molecule has 9 heteroatoms. The van der Waals surface area contributed by atoms with E-state index in [0.717, 1.165) is 9.54 Å². The van der Waals surface area contributed by atoms with E-state index < -0.39 is 16.0 Å². The van der Waals surface area contributed by atoms with Crippen LogP contribution in [0.5, 0.6) is 0 Å². The standard InChI is InChI=1S/C23H26ClN3O4S/c1-13(2)26-21-10-18(19(24)11-25-21)17-9-20(23(28)31-6)27(12-17)32(29,30)22-15(4)7-14(3)8-16(22)5/h7-13H,1-6H3,(H,25,26). The van der Waals surface area contributed by atoms with E-state index >= 15 is 0 Å². The summed E-state index contributed by atoms with van der Waals surface area (Å²) in [5.74, 6) is -0.187. The van der Waals surface area contributed by atoms with Crippen LogP contribution in [0.1, 0.15) is 41.0 Å². The Kier molecular flexibility index (Phi) is 6.67. The van der Waals surface area contributed by atoms with Crippen LogP contribution < -0.4 is 5.32 Å². The molecular formula is C23H26ClN3O4S. The number of pyridine rings is 1. The Hall–Kier alpha value is -2.84. The third kappa shape index (κ3) is 4.52. The Morgan fingerprint density at radius 3 is 2.31 bits per heavy atom. The zero-order valence-corrected chi connectivity index (χ0v) is 20.4. The highest BCUT2D eigenvalue weighted by Crippen LogP contribution is 2.33. The van der Waals surface area contributed by atoms with Crippen molar-refractivity contribution in [3.63, 3.8) is 0 Å². The molecule has 3 aromatic rings. The number of hydrogen-bond acceptors (Lipinski definition) is 6. The van der Waals surface area contributed by atoms with Gasteiger partial charge in [-0.25, -0.2) is 22.2 Å². The molecule has 0 spiro atoms. The molecule has 7 nitrogen and oxygen atoms in total. The van der Waals surface area contributed by atoms with Gasteiger partial charge in [0.2, 0.25) is 0 Å². The molecule has 3 rings (SSSR count). The lowest BCUT2D eigenvalue weighted by Crippen LogP contribution is -2.20. The normalized spacial score (nSPS) is 11.6. The number of carbonyl (C=O) groups is 1. The van der Waals surface area contributed by atoms with Crippen molar-refractivity contribution in [3.05, 3.63) is 64.1 Å². The molecular weight excluding hydrogens is 450 g/mol. The Morgan fingerprint density at radius 1 is 1.12 bits per heavy atom. The van der Waals surface area contributed by atoms with Crippen molar-refractivity contribution in [2.75, 3.05) is 12.4 Å². The molecule has 0 saturated heterocycles. The fraction of sp³-hybridized carbons (Fsp3) is 0.304. The van der Waals surface area contributed by atoms with Gasteiger partial charge in [-0.1, -0.05) is 29.3 Å². The van der Waals surface area contributed by atoms with Gasteiger partial charge in [0.15, 0.2) is 0 Å². The second-order valence-electron chi connectivity index (χ2n) is 7.98. The number of benzene rings is 1. The summed E-state index contributed by atoms with van der Waals surface area (Å²) >= 11 is 6.38. The predicted molar refractivity (Wildman–Crippen MR) is 126 cm³/mol. The number of aryl methyl sites for hydroxylation is 3. The molecule has 170 valence electrons. The molecule has 2 heterocycles. The molecule has 0 atom stereocenters. The number of methoxy groups -OCH3 is 1. The quantitative estimate of drug-likeness (QED) is 0.506. The molecule has 0 saturated carbocycles. The van der Waals surface area contributed by atoms with Gasteiger partial charge in [0.1, 0.15) is 11.5 Å². The van der Waals surface area contributed by atoms with Crippen molar-refractivity contribution >= 4 is 33.4 Å². The summed E-state index contributed by atoms with van der Waals surface area (Å²) in [7, 11) is -2.88. The number of halogens is 1. The van der Waals surface area contributed by atoms with Crippen LogP contribution in [0, 0.1) is 20.8 Å². The van der Waals surface area contributed by atoms with Crippen LogP contribution in [-0.4, -0.2) is 36.5 Å². The van der Waals surface area contributed by atoms with Gasteiger partial charge in [0, 0.05) is 29.6 Å². The number of nitrogens with one attached hydrogen (secondary N) is 1. The summed E-state index contributed by atoms with van der Waals surface area (Å²) in [5, 5.41) is 3.51. The van der Waals surface area contributed by atoms with E-state index in [0.29, 0.717) is 33.1 Å². The van der Waals surface area contributed by atoms with E-state index in [-0.39, 0.29) is 16.6 Å². The molecule has 1 aromatic carbocycles. The number of ether oxygens (including phenoxy) is 1. The van der Waals surface area contributed by atoms with Crippen molar-refractivity contribution < 1.29 is 17.9 Å². The van der Waals surface area contributed by atoms with Crippen LogP contribution in [0.2, 0.25) is 5.02 Å². The molecule has 2 aromatic heterocycles. The smallest absolute Gasteiger partial charge is 0.355 e. The second-order valence-corrected chi connectivity index (χ2v) is 10.1. The Bertz CT molecular complexity index is 1270. The monoisotopic (exact) mass is 475 g/mol. The molecule has 0 aliphatic heterocycles. The third-order valence-corrected chi connectivity index (χ3v) is 7.19. The van der Waals surface area contributed by atoms with Crippen molar-refractivity contribution in [1.82, 2.24) is 8.96 Å². The number of aromatic nitrogens is 2. The molecule has 0 bridgehead atoms. The van der Waals surface area contributed by atoms with Gasteiger partial charge in [-0.05, 0) is 57.9 Å². The van der Waals surface area contributed by atoms with Crippen molar-refractivity contribution in [2.24, 2.45) is 0 Å². The maximum absolute atomic E-state index is 13.7. The summed E-state index contributed by atoms with van der Waals surface area (Å²) in [5.41, 5.74) is 3.02. The van der Waals surface area contributed by atoms with Crippen molar-refractivity contribution in [2.45, 2.75) is 45.6 Å². The van der Waals surface area contributed by atoms with Gasteiger partial charge in [0.05, 0.1) is 17.0 Å². The van der Waals surface area contributed by atoms with E-state index in [1.165, 1.54) is 25.6 Å². The number of anilines is 1. The summed E-state index contributed by atoms with van der Waals surface area (Å²) in [4.78, 5) is 16.9. The highest BCUT2D eigenvalue weighted by Gasteiger charge is 2.28. The first-order valence-electron chi connectivity index (χ1n) is 10.0. The number of hydrogen-bond donors (Lipinski definition) is 1. The molecule has 1 N–H and O–H groups in total. The van der Waals surface area contributed by atoms with Crippen LogP contribution in [0.3, 0.4) is 0 Å². The minimum absolute atomic E-state index is 0.117. The van der Waals surface area contributed by atoms with E-state index in [4.69, 9.17) is 16.3 Å². The average molecular weight is 476 g/mol. The van der Waals surface area contributed by atoms with E-state index in [1.807, 2.05) is 20.8 Å². The van der Waals surface area contributed by atoms with Gasteiger partial charge in [-0.3, -0.25) is 0 Å². The first-order valence-corrected chi connectivity index (χ1v) is 11.8. The fourth-order valence-electron chi connectivity index (χ4n) is 3.75. The predicted octanol–water partition coefficient (Wildman–Crippen LogP) is 4.97. The van der Waals surface area contributed by atoms with Crippen molar-refractivity contribution in [1.29, 1.82) is 0 Å². The number of carbonyl (C=O) groups excluding carboxylic acids is 1. The SMILES string of the molecule is COC(=O)c1cc(-c2cc(NC(C)C)ncc2Cl)cn1S(=O)(=O)c1c(C)cc(C)cc1C. The zero-order valence-electron chi connectivity index (χ0n) is 18.9.